The third kappa shape index (κ3) is 3.37. The molecular formula is C24H27N. The molecule has 0 spiro atoms. The number of nitrogens with zero attached hydrogens (tertiary/aromatic N) is 1. The number of benzene rings is 2. The van der Waals surface area contributed by atoms with Crippen molar-refractivity contribution in [1.29, 1.82) is 0 Å². The van der Waals surface area contributed by atoms with Crippen LogP contribution in [0.4, 0.5) is 5.69 Å². The van der Waals surface area contributed by atoms with E-state index in [1.54, 1.807) is 0 Å². The van der Waals surface area contributed by atoms with Crippen molar-refractivity contribution < 1.29 is 0 Å². The van der Waals surface area contributed by atoms with E-state index in [9.17, 15) is 0 Å². The number of hydrogen-bond acceptors (Lipinski definition) is 1. The maximum atomic E-state index is 4.85. The number of hydrogen-bond donors (Lipinski definition) is 0. The lowest BCUT2D eigenvalue weighted by atomic mass is 9.91. The van der Waals surface area contributed by atoms with Crippen LogP contribution in [0.2, 0.25) is 0 Å². The second-order valence-electron chi connectivity index (χ2n) is 7.27. The average molecular weight is 329 g/mol. The van der Waals surface area contributed by atoms with E-state index in [0.29, 0.717) is 5.92 Å². The van der Waals surface area contributed by atoms with Gasteiger partial charge in [0.15, 0.2) is 0 Å². The van der Waals surface area contributed by atoms with Gasteiger partial charge >= 0.3 is 0 Å². The van der Waals surface area contributed by atoms with Gasteiger partial charge in [0, 0.05) is 17.7 Å². The zero-order chi connectivity index (χ0) is 18.1. The second-order valence-corrected chi connectivity index (χ2v) is 7.27. The van der Waals surface area contributed by atoms with Crippen molar-refractivity contribution in [3.63, 3.8) is 0 Å². The Kier molecular flexibility index (Phi) is 4.76. The Morgan fingerprint density at radius 3 is 2.16 bits per heavy atom. The fourth-order valence-corrected chi connectivity index (χ4v) is 3.95. The molecule has 0 saturated carbocycles. The number of rotatable bonds is 3. The molecule has 2 aromatic carbocycles. The summed E-state index contributed by atoms with van der Waals surface area (Å²) in [5.41, 5.74) is 11.5. The predicted molar refractivity (Wildman–Crippen MR) is 110 cm³/mol. The van der Waals surface area contributed by atoms with Gasteiger partial charge in [0.05, 0.1) is 5.69 Å². The van der Waals surface area contributed by atoms with E-state index in [2.05, 4.69) is 84.0 Å². The molecule has 0 aliphatic heterocycles. The number of aliphatic imine (C=N–C) groups is 1. The van der Waals surface area contributed by atoms with Crippen molar-refractivity contribution >= 4 is 17.5 Å². The van der Waals surface area contributed by atoms with Gasteiger partial charge in [-0.25, -0.2) is 0 Å². The van der Waals surface area contributed by atoms with Crippen LogP contribution in [0.5, 0.6) is 0 Å². The normalized spacial score (nSPS) is 17.5. The van der Waals surface area contributed by atoms with Crippen molar-refractivity contribution in [3.8, 4) is 0 Å². The summed E-state index contributed by atoms with van der Waals surface area (Å²) in [6, 6.07) is 13.0. The highest BCUT2D eigenvalue weighted by Gasteiger charge is 2.21. The molecule has 1 unspecified atom stereocenters. The lowest BCUT2D eigenvalue weighted by Crippen LogP contribution is -1.98. The van der Waals surface area contributed by atoms with E-state index < -0.39 is 0 Å². The summed E-state index contributed by atoms with van der Waals surface area (Å²) < 4.78 is 0. The molecule has 0 N–H and O–H groups in total. The molecule has 0 saturated heterocycles. The van der Waals surface area contributed by atoms with Gasteiger partial charge in [-0.3, -0.25) is 4.99 Å². The van der Waals surface area contributed by atoms with Crippen LogP contribution in [0.15, 0.2) is 58.6 Å². The van der Waals surface area contributed by atoms with Crippen LogP contribution in [-0.2, 0) is 0 Å². The third-order valence-corrected chi connectivity index (χ3v) is 5.17. The summed E-state index contributed by atoms with van der Waals surface area (Å²) in [6.07, 6.45) is 4.38. The summed E-state index contributed by atoms with van der Waals surface area (Å²) in [5, 5.41) is 0. The van der Waals surface area contributed by atoms with Crippen LogP contribution in [0.25, 0.3) is 5.57 Å². The summed E-state index contributed by atoms with van der Waals surface area (Å²) in [7, 11) is 0. The van der Waals surface area contributed by atoms with Gasteiger partial charge < -0.3 is 0 Å². The van der Waals surface area contributed by atoms with Gasteiger partial charge in [0.1, 0.15) is 0 Å². The Hall–Kier alpha value is -2.41. The van der Waals surface area contributed by atoms with Crippen LogP contribution >= 0.6 is 0 Å². The lowest BCUT2D eigenvalue weighted by molar-refractivity contribution is 0.975. The quantitative estimate of drug-likeness (QED) is 0.553. The van der Waals surface area contributed by atoms with Crippen LogP contribution < -0.4 is 0 Å². The monoisotopic (exact) mass is 329 g/mol. The molecule has 0 amide bonds. The number of allylic oxidation sites excluding steroid dienone is 4. The average Bonchev–Trinajstić information content (AvgIpc) is 2.79. The van der Waals surface area contributed by atoms with E-state index in [1.165, 1.54) is 44.5 Å². The van der Waals surface area contributed by atoms with Crippen molar-refractivity contribution in [3.05, 3.63) is 81.4 Å². The molecule has 1 heteroatoms. The molecule has 25 heavy (non-hydrogen) atoms. The Morgan fingerprint density at radius 1 is 0.920 bits per heavy atom. The fraction of sp³-hybridized carbons (Fsp3) is 0.292. The molecule has 2 aromatic rings. The minimum atomic E-state index is 0.456. The molecule has 0 fully saturated rings. The topological polar surface area (TPSA) is 12.4 Å². The molecule has 1 atom stereocenters. The lowest BCUT2D eigenvalue weighted by Gasteiger charge is -2.14. The SMILES string of the molecule is CC1=CC(C)C(c2ccccc2/C=N/c2c(C)cc(C)cc2C)=C1C. The van der Waals surface area contributed by atoms with Crippen LogP contribution in [0.3, 0.4) is 0 Å². The van der Waals surface area contributed by atoms with Crippen LogP contribution in [0.1, 0.15) is 48.6 Å². The number of aryl methyl sites for hydroxylation is 3. The van der Waals surface area contributed by atoms with Crippen molar-refractivity contribution in [2.45, 2.75) is 41.5 Å². The Labute approximate surface area is 151 Å². The van der Waals surface area contributed by atoms with Crippen molar-refractivity contribution in [1.82, 2.24) is 0 Å². The molecule has 0 heterocycles. The molecule has 3 rings (SSSR count). The fourth-order valence-electron chi connectivity index (χ4n) is 3.95. The van der Waals surface area contributed by atoms with Gasteiger partial charge in [-0.05, 0) is 62.5 Å². The van der Waals surface area contributed by atoms with Crippen LogP contribution in [0, 0.1) is 26.7 Å². The first kappa shape index (κ1) is 17.4. The van der Waals surface area contributed by atoms with Gasteiger partial charge in [-0.2, -0.15) is 0 Å². The van der Waals surface area contributed by atoms with E-state index in [1.807, 2.05) is 6.21 Å². The molecule has 128 valence electrons. The second kappa shape index (κ2) is 6.84. The van der Waals surface area contributed by atoms with Crippen LogP contribution in [-0.4, -0.2) is 6.21 Å². The Morgan fingerprint density at radius 2 is 1.56 bits per heavy atom. The molecule has 0 bridgehead atoms. The molecular weight excluding hydrogens is 302 g/mol. The first-order valence-electron chi connectivity index (χ1n) is 8.99. The predicted octanol–water partition coefficient (Wildman–Crippen LogP) is 6.73. The van der Waals surface area contributed by atoms with E-state index >= 15 is 0 Å². The Bertz CT molecular complexity index is 886. The van der Waals surface area contributed by atoms with E-state index in [4.69, 9.17) is 4.99 Å². The maximum absolute atomic E-state index is 4.85. The highest BCUT2D eigenvalue weighted by atomic mass is 14.7. The standard InChI is InChI=1S/C24H27N/c1-15-11-18(4)24(19(5)12-15)25-14-21-9-7-8-10-22(21)23-17(3)13-16(2)20(23)6/h7-14,17H,1-6H3/b25-14+. The minimum absolute atomic E-state index is 0.456. The van der Waals surface area contributed by atoms with Gasteiger partial charge in [0.2, 0.25) is 0 Å². The molecule has 1 aliphatic rings. The van der Waals surface area contributed by atoms with Gasteiger partial charge in [0.25, 0.3) is 0 Å². The minimum Gasteiger partial charge on any atom is -0.256 e. The Balaban J connectivity index is 2.04. The van der Waals surface area contributed by atoms with E-state index in [-0.39, 0.29) is 0 Å². The first-order valence-corrected chi connectivity index (χ1v) is 8.99. The zero-order valence-corrected chi connectivity index (χ0v) is 16.1. The highest BCUT2D eigenvalue weighted by Crippen LogP contribution is 2.38. The maximum Gasteiger partial charge on any atom is 0.0688 e. The van der Waals surface area contributed by atoms with Crippen molar-refractivity contribution in [2.24, 2.45) is 10.9 Å². The van der Waals surface area contributed by atoms with E-state index in [0.717, 1.165) is 5.69 Å². The highest BCUT2D eigenvalue weighted by molar-refractivity contribution is 5.92. The van der Waals surface area contributed by atoms with Gasteiger partial charge in [-0.15, -0.1) is 0 Å². The van der Waals surface area contributed by atoms with Crippen molar-refractivity contribution in [2.75, 3.05) is 0 Å². The molecule has 1 nitrogen and oxygen atoms in total. The largest absolute Gasteiger partial charge is 0.256 e. The summed E-state index contributed by atoms with van der Waals surface area (Å²) in [5.74, 6) is 0.456. The molecule has 0 radical (unpaired) electrons. The molecule has 1 aliphatic carbocycles. The van der Waals surface area contributed by atoms with Gasteiger partial charge in [-0.1, -0.05) is 60.5 Å². The summed E-state index contributed by atoms with van der Waals surface area (Å²) in [4.78, 5) is 4.85. The smallest absolute Gasteiger partial charge is 0.0688 e. The molecule has 0 aromatic heterocycles. The zero-order valence-electron chi connectivity index (χ0n) is 16.1. The first-order chi connectivity index (χ1) is 11.9. The third-order valence-electron chi connectivity index (χ3n) is 5.17. The summed E-state index contributed by atoms with van der Waals surface area (Å²) >= 11 is 0. The summed E-state index contributed by atoms with van der Waals surface area (Å²) in [6.45, 7) is 13.1.